The molecular formula is C39H39Cl2F2N3O7S. The summed E-state index contributed by atoms with van der Waals surface area (Å²) in [5.41, 5.74) is 2.03. The molecule has 0 spiro atoms. The number of fused-ring (bicyclic) bond motifs is 3. The molecule has 3 saturated heterocycles. The van der Waals surface area contributed by atoms with Gasteiger partial charge in [0, 0.05) is 29.4 Å². The van der Waals surface area contributed by atoms with E-state index < -0.39 is 30.5 Å². The lowest BCUT2D eigenvalue weighted by molar-refractivity contribution is -0.605. The van der Waals surface area contributed by atoms with Gasteiger partial charge in [-0.2, -0.15) is 13.5 Å². The number of piperidine rings is 3. The zero-order chi connectivity index (χ0) is 37.9. The Kier molecular flexibility index (Phi) is 11.9. The molecule has 4 aromatic rings. The number of hydrogen-bond donors (Lipinski definition) is 2. The summed E-state index contributed by atoms with van der Waals surface area (Å²) in [7, 11) is 0. The fraction of sp³-hybridized carbons (Fsp3) is 0.410. The summed E-state index contributed by atoms with van der Waals surface area (Å²) in [5.74, 6) is -1.75. The summed E-state index contributed by atoms with van der Waals surface area (Å²) >= 11 is 14.1. The van der Waals surface area contributed by atoms with E-state index in [9.17, 15) is 28.7 Å². The number of benzene rings is 2. The molecule has 0 radical (unpaired) electrons. The number of carbonyl (C=O) groups is 2. The molecule has 15 heteroatoms. The van der Waals surface area contributed by atoms with E-state index in [0.29, 0.717) is 56.8 Å². The number of carbonyl (C=O) groups excluding carboxylic acids is 1. The van der Waals surface area contributed by atoms with Crippen LogP contribution in [-0.4, -0.2) is 60.9 Å². The van der Waals surface area contributed by atoms with Gasteiger partial charge in [-0.05, 0) is 91.9 Å². The van der Waals surface area contributed by atoms with E-state index in [2.05, 4.69) is 10.2 Å². The molecular weight excluding hydrogens is 763 g/mol. The average Bonchev–Trinajstić information content (AvgIpc) is 3.88. The Hall–Kier alpha value is -4.01. The molecule has 1 unspecified atom stereocenters. The number of halogens is 4. The third-order valence-corrected chi connectivity index (χ3v) is 12.1. The summed E-state index contributed by atoms with van der Waals surface area (Å²) in [6, 6.07) is 14.7. The van der Waals surface area contributed by atoms with Gasteiger partial charge in [0.15, 0.2) is 23.9 Å². The lowest BCUT2D eigenvalue weighted by atomic mass is 9.85. The van der Waals surface area contributed by atoms with Gasteiger partial charge < -0.3 is 24.5 Å². The van der Waals surface area contributed by atoms with Crippen molar-refractivity contribution in [3.63, 3.8) is 0 Å². The molecule has 286 valence electrons. The van der Waals surface area contributed by atoms with E-state index in [1.165, 1.54) is 6.07 Å². The van der Waals surface area contributed by atoms with E-state index in [0.717, 1.165) is 62.5 Å². The number of aromatic carboxylic acids is 1. The zero-order valence-electron chi connectivity index (χ0n) is 29.1. The van der Waals surface area contributed by atoms with E-state index in [4.69, 9.17) is 37.4 Å². The van der Waals surface area contributed by atoms with Crippen LogP contribution in [0.4, 0.5) is 8.78 Å². The van der Waals surface area contributed by atoms with Gasteiger partial charge in [-0.25, -0.2) is 9.59 Å². The van der Waals surface area contributed by atoms with Crippen LogP contribution in [0.15, 0.2) is 67.0 Å². The van der Waals surface area contributed by atoms with Crippen LogP contribution in [0.5, 0.6) is 11.5 Å². The SMILES string of the molecule is O=C(O)c1sc(CNC(C(=O)O[C@H]2CN3CCC2CC3)c2ccccc2)cc1[C@@H](Cc1c(Cl)c[n+]([O-])cc1Cl)c1ccc(OC(F)F)c(OCC2CC2)c1. The first-order valence-electron chi connectivity index (χ1n) is 17.9. The first-order valence-corrected chi connectivity index (χ1v) is 19.4. The normalized spacial score (nSPS) is 20.4. The molecule has 5 heterocycles. The molecule has 8 rings (SSSR count). The molecule has 1 aliphatic carbocycles. The Bertz CT molecular complexity index is 1950. The lowest BCUT2D eigenvalue weighted by Gasteiger charge is -2.44. The summed E-state index contributed by atoms with van der Waals surface area (Å²) in [4.78, 5) is 29.6. The summed E-state index contributed by atoms with van der Waals surface area (Å²) in [6.07, 6.45) is 6.09. The highest BCUT2D eigenvalue weighted by molar-refractivity contribution is 7.14. The summed E-state index contributed by atoms with van der Waals surface area (Å²) in [5, 5.41) is 26.1. The fourth-order valence-electron chi connectivity index (χ4n) is 7.30. The minimum Gasteiger partial charge on any atom is -0.619 e. The van der Waals surface area contributed by atoms with Gasteiger partial charge in [0.25, 0.3) is 0 Å². The molecule has 0 amide bonds. The van der Waals surface area contributed by atoms with Crippen LogP contribution in [0.1, 0.15) is 74.4 Å². The standard InChI is InChI=1S/C39H39Cl2F2N3O7S/c40-30-18-46(50)19-31(41)29(30)16-27(25-8-9-32(53-39(42)43)33(14-25)51-21-22-6-7-22)28-15-26(54-36(28)37(47)48)17-44-35(24-4-2-1-3-5-24)38(49)52-34-20-45-12-10-23(34)11-13-45/h1-5,8-9,14-15,18-19,22-23,27,34-35,39,44H,6-7,10-13,16-17,20-21H2,(H,47,48)/t27-,34-,35?/m0/s1. The number of nitrogens with zero attached hydrogens (tertiary/aromatic N) is 2. The van der Waals surface area contributed by atoms with Crippen molar-refractivity contribution < 1.29 is 42.4 Å². The Balaban J connectivity index is 1.22. The topological polar surface area (TPSA) is 124 Å². The van der Waals surface area contributed by atoms with Crippen LogP contribution in [0.25, 0.3) is 0 Å². The zero-order valence-corrected chi connectivity index (χ0v) is 31.4. The maximum Gasteiger partial charge on any atom is 0.387 e. The van der Waals surface area contributed by atoms with E-state index in [1.807, 2.05) is 30.3 Å². The van der Waals surface area contributed by atoms with E-state index in [1.54, 1.807) is 18.2 Å². The Labute approximate surface area is 325 Å². The van der Waals surface area contributed by atoms with E-state index in [-0.39, 0.29) is 45.5 Å². The molecule has 2 bridgehead atoms. The minimum absolute atomic E-state index is 0.0262. The fourth-order valence-corrected chi connectivity index (χ4v) is 8.90. The molecule has 54 heavy (non-hydrogen) atoms. The van der Waals surface area contributed by atoms with Gasteiger partial charge in [-0.1, -0.05) is 59.6 Å². The van der Waals surface area contributed by atoms with Gasteiger partial charge in [-0.3, -0.25) is 10.2 Å². The molecule has 2 aromatic carbocycles. The molecule has 4 aliphatic rings. The number of aromatic nitrogens is 1. The van der Waals surface area contributed by atoms with Crippen molar-refractivity contribution in [2.24, 2.45) is 11.8 Å². The minimum atomic E-state index is -3.09. The number of ether oxygens (including phenoxy) is 3. The quantitative estimate of drug-likeness (QED) is 0.0669. The van der Waals surface area contributed by atoms with Crippen molar-refractivity contribution in [2.75, 3.05) is 26.2 Å². The number of nitrogens with one attached hydrogen (secondary N) is 1. The van der Waals surface area contributed by atoms with Crippen molar-refractivity contribution in [2.45, 2.75) is 63.3 Å². The molecule has 1 saturated carbocycles. The second-order valence-corrected chi connectivity index (χ2v) is 16.0. The summed E-state index contributed by atoms with van der Waals surface area (Å²) in [6.45, 7) is 0.0862. The molecule has 3 atom stereocenters. The van der Waals surface area contributed by atoms with Gasteiger partial charge in [-0.15, -0.1) is 11.3 Å². The second-order valence-electron chi connectivity index (χ2n) is 14.0. The Morgan fingerprint density at radius 2 is 1.72 bits per heavy atom. The van der Waals surface area contributed by atoms with Crippen molar-refractivity contribution >= 4 is 46.5 Å². The number of carboxylic acids is 1. The predicted octanol–water partition coefficient (Wildman–Crippen LogP) is 7.62. The molecule has 4 fully saturated rings. The molecule has 10 nitrogen and oxygen atoms in total. The number of thiophene rings is 1. The van der Waals surface area contributed by atoms with Crippen molar-refractivity contribution in [3.8, 4) is 11.5 Å². The van der Waals surface area contributed by atoms with Crippen LogP contribution in [0, 0.1) is 17.0 Å². The van der Waals surface area contributed by atoms with Crippen LogP contribution >= 0.6 is 34.5 Å². The smallest absolute Gasteiger partial charge is 0.387 e. The molecule has 3 aliphatic heterocycles. The first kappa shape index (κ1) is 38.3. The highest BCUT2D eigenvalue weighted by Gasteiger charge is 2.38. The largest absolute Gasteiger partial charge is 0.619 e. The predicted molar refractivity (Wildman–Crippen MR) is 199 cm³/mol. The number of hydrogen-bond acceptors (Lipinski definition) is 9. The third-order valence-electron chi connectivity index (χ3n) is 10.3. The second kappa shape index (κ2) is 16.8. The number of pyridine rings is 1. The first-order chi connectivity index (χ1) is 26.0. The molecule has 2 N–H and O–H groups in total. The average molecular weight is 803 g/mol. The summed E-state index contributed by atoms with van der Waals surface area (Å²) < 4.78 is 44.1. The number of alkyl halides is 2. The highest BCUT2D eigenvalue weighted by Crippen LogP contribution is 2.42. The van der Waals surface area contributed by atoms with Crippen LogP contribution < -0.4 is 19.5 Å². The maximum atomic E-state index is 13.8. The van der Waals surface area contributed by atoms with Crippen LogP contribution in [0.3, 0.4) is 0 Å². The third kappa shape index (κ3) is 9.09. The maximum absolute atomic E-state index is 13.8. The van der Waals surface area contributed by atoms with Gasteiger partial charge in [0.2, 0.25) is 0 Å². The van der Waals surface area contributed by atoms with Crippen molar-refractivity contribution in [1.82, 2.24) is 10.2 Å². The monoisotopic (exact) mass is 801 g/mol. The van der Waals surface area contributed by atoms with E-state index >= 15 is 0 Å². The van der Waals surface area contributed by atoms with Gasteiger partial charge >= 0.3 is 18.6 Å². The van der Waals surface area contributed by atoms with Crippen LogP contribution in [0.2, 0.25) is 10.0 Å². The number of rotatable bonds is 16. The number of esters is 1. The Morgan fingerprint density at radius 3 is 2.35 bits per heavy atom. The van der Waals surface area contributed by atoms with Crippen LogP contribution in [-0.2, 0) is 22.5 Å². The lowest BCUT2D eigenvalue weighted by Crippen LogP contribution is -2.52. The van der Waals surface area contributed by atoms with Crippen molar-refractivity contribution in [3.05, 3.63) is 114 Å². The Morgan fingerprint density at radius 1 is 1.00 bits per heavy atom. The molecule has 2 aromatic heterocycles. The van der Waals surface area contributed by atoms with Gasteiger partial charge in [0.05, 0.1) is 6.61 Å². The number of carboxylic acid groups (broad SMARTS) is 1. The van der Waals surface area contributed by atoms with Gasteiger partial charge in [0.1, 0.15) is 27.1 Å². The highest BCUT2D eigenvalue weighted by atomic mass is 35.5. The van der Waals surface area contributed by atoms with Crippen molar-refractivity contribution in [1.29, 1.82) is 0 Å².